The summed E-state index contributed by atoms with van der Waals surface area (Å²) in [6, 6.07) is 15.3. The highest BCUT2D eigenvalue weighted by molar-refractivity contribution is 5.76. The van der Waals surface area contributed by atoms with Crippen molar-refractivity contribution >= 4 is 11.1 Å². The summed E-state index contributed by atoms with van der Waals surface area (Å²) >= 11 is 0. The maximum Gasteiger partial charge on any atom is 0.227 e. The van der Waals surface area contributed by atoms with Crippen LogP contribution in [0.25, 0.3) is 22.6 Å². The molecule has 3 aromatic rings. The second kappa shape index (κ2) is 4.03. The molecule has 2 aromatic carbocycles. The normalized spacial score (nSPS) is 10.9. The first-order valence-corrected chi connectivity index (χ1v) is 5.42. The molecule has 0 bridgehead atoms. The van der Waals surface area contributed by atoms with E-state index in [1.807, 2.05) is 48.5 Å². The molecule has 3 nitrogen and oxygen atoms in total. The topological polar surface area (TPSA) is 46.3 Å². The summed E-state index contributed by atoms with van der Waals surface area (Å²) in [5, 5.41) is 9.06. The summed E-state index contributed by atoms with van der Waals surface area (Å²) in [6.45, 7) is 0.0173. The molecule has 0 aliphatic rings. The molecule has 1 heterocycles. The Hall–Kier alpha value is -2.13. The third kappa shape index (κ3) is 1.81. The monoisotopic (exact) mass is 225 g/mol. The molecule has 17 heavy (non-hydrogen) atoms. The van der Waals surface area contributed by atoms with Gasteiger partial charge >= 0.3 is 0 Å². The van der Waals surface area contributed by atoms with Gasteiger partial charge in [-0.25, -0.2) is 4.98 Å². The molecule has 0 spiro atoms. The van der Waals surface area contributed by atoms with E-state index < -0.39 is 0 Å². The van der Waals surface area contributed by atoms with Gasteiger partial charge in [0.1, 0.15) is 5.52 Å². The lowest BCUT2D eigenvalue weighted by atomic mass is 10.2. The quantitative estimate of drug-likeness (QED) is 0.729. The van der Waals surface area contributed by atoms with Crippen molar-refractivity contribution in [2.24, 2.45) is 0 Å². The number of benzene rings is 2. The summed E-state index contributed by atoms with van der Waals surface area (Å²) in [7, 11) is 0. The molecular formula is C14H11NO2. The van der Waals surface area contributed by atoms with Gasteiger partial charge in [-0.1, -0.05) is 24.3 Å². The van der Waals surface area contributed by atoms with Gasteiger partial charge in [0.25, 0.3) is 0 Å². The highest BCUT2D eigenvalue weighted by Crippen LogP contribution is 2.24. The van der Waals surface area contributed by atoms with Gasteiger partial charge in [-0.15, -0.1) is 0 Å². The van der Waals surface area contributed by atoms with Crippen LogP contribution in [0.15, 0.2) is 52.9 Å². The standard InChI is InChI=1S/C14H11NO2/c16-9-10-6-7-13-12(8-10)15-14(17-13)11-4-2-1-3-5-11/h1-8,16H,9H2. The fourth-order valence-corrected chi connectivity index (χ4v) is 1.78. The highest BCUT2D eigenvalue weighted by atomic mass is 16.3. The molecule has 0 aliphatic carbocycles. The molecule has 3 rings (SSSR count). The number of aliphatic hydroxyl groups excluding tert-OH is 1. The van der Waals surface area contributed by atoms with E-state index >= 15 is 0 Å². The number of hydrogen-bond donors (Lipinski definition) is 1. The minimum absolute atomic E-state index is 0.0173. The maximum absolute atomic E-state index is 9.06. The zero-order valence-electron chi connectivity index (χ0n) is 9.13. The van der Waals surface area contributed by atoms with Crippen molar-refractivity contribution in [1.82, 2.24) is 4.98 Å². The Morgan fingerprint density at radius 1 is 1.06 bits per heavy atom. The van der Waals surface area contributed by atoms with E-state index in [1.54, 1.807) is 0 Å². The van der Waals surface area contributed by atoms with E-state index in [0.717, 1.165) is 22.2 Å². The van der Waals surface area contributed by atoms with Crippen LogP contribution in [0.2, 0.25) is 0 Å². The van der Waals surface area contributed by atoms with E-state index in [9.17, 15) is 0 Å². The smallest absolute Gasteiger partial charge is 0.227 e. The lowest BCUT2D eigenvalue weighted by Crippen LogP contribution is -1.81. The van der Waals surface area contributed by atoms with Crippen molar-refractivity contribution in [3.8, 4) is 11.5 Å². The first-order chi connectivity index (χ1) is 8.36. The zero-order valence-corrected chi connectivity index (χ0v) is 9.13. The largest absolute Gasteiger partial charge is 0.436 e. The van der Waals surface area contributed by atoms with Crippen LogP contribution >= 0.6 is 0 Å². The van der Waals surface area contributed by atoms with Crippen molar-refractivity contribution in [1.29, 1.82) is 0 Å². The van der Waals surface area contributed by atoms with Crippen LogP contribution in [0.3, 0.4) is 0 Å². The van der Waals surface area contributed by atoms with E-state index in [0.29, 0.717) is 5.89 Å². The van der Waals surface area contributed by atoms with E-state index in [4.69, 9.17) is 9.52 Å². The molecule has 84 valence electrons. The summed E-state index contributed by atoms with van der Waals surface area (Å²) in [4.78, 5) is 4.41. The fraction of sp³-hybridized carbons (Fsp3) is 0.0714. The number of rotatable bonds is 2. The first-order valence-electron chi connectivity index (χ1n) is 5.42. The van der Waals surface area contributed by atoms with Crippen molar-refractivity contribution in [3.05, 3.63) is 54.1 Å². The van der Waals surface area contributed by atoms with E-state index in [1.165, 1.54) is 0 Å². The van der Waals surface area contributed by atoms with Crippen LogP contribution in [0.4, 0.5) is 0 Å². The van der Waals surface area contributed by atoms with Crippen LogP contribution in [0.5, 0.6) is 0 Å². The SMILES string of the molecule is OCc1ccc2oc(-c3ccccc3)nc2c1. The fourth-order valence-electron chi connectivity index (χ4n) is 1.78. The van der Waals surface area contributed by atoms with Crippen LogP contribution in [-0.4, -0.2) is 10.1 Å². The molecular weight excluding hydrogens is 214 g/mol. The Morgan fingerprint density at radius 3 is 2.65 bits per heavy atom. The first kappa shape index (κ1) is 10.1. The Morgan fingerprint density at radius 2 is 1.88 bits per heavy atom. The predicted molar refractivity (Wildman–Crippen MR) is 65.4 cm³/mol. The number of fused-ring (bicyclic) bond motifs is 1. The number of hydrogen-bond acceptors (Lipinski definition) is 3. The number of oxazole rings is 1. The van der Waals surface area contributed by atoms with Crippen molar-refractivity contribution in [2.45, 2.75) is 6.61 Å². The Bertz CT molecular complexity index is 644. The Labute approximate surface area is 98.3 Å². The van der Waals surface area contributed by atoms with Crippen molar-refractivity contribution in [3.63, 3.8) is 0 Å². The Balaban J connectivity index is 2.14. The summed E-state index contributed by atoms with van der Waals surface area (Å²) in [5.74, 6) is 0.607. The van der Waals surface area contributed by atoms with E-state index in [-0.39, 0.29) is 6.61 Å². The van der Waals surface area contributed by atoms with Crippen LogP contribution in [-0.2, 0) is 6.61 Å². The molecule has 0 atom stereocenters. The summed E-state index contributed by atoms with van der Waals surface area (Å²) in [6.07, 6.45) is 0. The van der Waals surface area contributed by atoms with Gasteiger partial charge in [0.05, 0.1) is 6.61 Å². The maximum atomic E-state index is 9.06. The lowest BCUT2D eigenvalue weighted by Gasteiger charge is -1.92. The molecule has 0 saturated carbocycles. The van der Waals surface area contributed by atoms with Gasteiger partial charge in [0.2, 0.25) is 5.89 Å². The summed E-state index contributed by atoms with van der Waals surface area (Å²) in [5.41, 5.74) is 3.30. The van der Waals surface area contributed by atoms with Gasteiger partial charge < -0.3 is 9.52 Å². The average molecular weight is 225 g/mol. The predicted octanol–water partition coefficient (Wildman–Crippen LogP) is 2.99. The Kier molecular flexibility index (Phi) is 2.38. The third-order valence-electron chi connectivity index (χ3n) is 2.66. The van der Waals surface area contributed by atoms with Crippen molar-refractivity contribution in [2.75, 3.05) is 0 Å². The lowest BCUT2D eigenvalue weighted by molar-refractivity contribution is 0.282. The molecule has 0 saturated heterocycles. The molecule has 0 aliphatic heterocycles. The van der Waals surface area contributed by atoms with E-state index in [2.05, 4.69) is 4.98 Å². The van der Waals surface area contributed by atoms with Gasteiger partial charge in [-0.05, 0) is 29.8 Å². The molecule has 0 unspecified atom stereocenters. The highest BCUT2D eigenvalue weighted by Gasteiger charge is 2.07. The molecule has 1 N–H and O–H groups in total. The molecule has 0 amide bonds. The second-order valence-electron chi connectivity index (χ2n) is 3.85. The second-order valence-corrected chi connectivity index (χ2v) is 3.85. The van der Waals surface area contributed by atoms with Crippen LogP contribution < -0.4 is 0 Å². The number of aromatic nitrogens is 1. The minimum atomic E-state index is 0.0173. The van der Waals surface area contributed by atoms with Gasteiger partial charge in [-0.2, -0.15) is 0 Å². The molecule has 3 heteroatoms. The van der Waals surface area contributed by atoms with Crippen LogP contribution in [0.1, 0.15) is 5.56 Å². The zero-order chi connectivity index (χ0) is 11.7. The van der Waals surface area contributed by atoms with Gasteiger partial charge in [0.15, 0.2) is 5.58 Å². The van der Waals surface area contributed by atoms with Gasteiger partial charge in [0, 0.05) is 5.56 Å². The number of aliphatic hydroxyl groups is 1. The average Bonchev–Trinajstić information content (AvgIpc) is 2.82. The molecule has 1 aromatic heterocycles. The summed E-state index contributed by atoms with van der Waals surface area (Å²) < 4.78 is 5.66. The third-order valence-corrected chi connectivity index (χ3v) is 2.66. The van der Waals surface area contributed by atoms with Gasteiger partial charge in [-0.3, -0.25) is 0 Å². The minimum Gasteiger partial charge on any atom is -0.436 e. The molecule has 0 radical (unpaired) electrons. The molecule has 0 fully saturated rings. The van der Waals surface area contributed by atoms with Crippen LogP contribution in [0, 0.1) is 0 Å². The number of nitrogens with zero attached hydrogens (tertiary/aromatic N) is 1. The van der Waals surface area contributed by atoms with Crippen molar-refractivity contribution < 1.29 is 9.52 Å².